The molecule has 0 bridgehead atoms. The average molecular weight is 279 g/mol. The van der Waals surface area contributed by atoms with Crippen LogP contribution in [-0.4, -0.2) is 34.6 Å². The molecule has 0 saturated carbocycles. The smallest absolute Gasteiger partial charge is 0.131 e. The van der Waals surface area contributed by atoms with Gasteiger partial charge in [-0.25, -0.2) is 4.98 Å². The number of hydrogen-bond donors (Lipinski definition) is 1. The van der Waals surface area contributed by atoms with Crippen molar-refractivity contribution in [2.24, 2.45) is 5.73 Å². The van der Waals surface area contributed by atoms with Gasteiger partial charge in [-0.3, -0.25) is 0 Å². The summed E-state index contributed by atoms with van der Waals surface area (Å²) in [5.74, 6) is 2.34. The summed E-state index contributed by atoms with van der Waals surface area (Å²) in [6, 6.07) is 2.98. The van der Waals surface area contributed by atoms with E-state index in [1.807, 2.05) is 13.1 Å². The zero-order valence-electron chi connectivity index (χ0n) is 12.4. The topological polar surface area (TPSA) is 42.1 Å². The lowest BCUT2D eigenvalue weighted by Gasteiger charge is -2.39. The zero-order valence-corrected chi connectivity index (χ0v) is 13.2. The van der Waals surface area contributed by atoms with Gasteiger partial charge in [-0.1, -0.05) is 13.0 Å². The molecule has 3 nitrogen and oxygen atoms in total. The number of pyridine rings is 1. The summed E-state index contributed by atoms with van der Waals surface area (Å²) in [5, 5.41) is 0.665. The predicted octanol–water partition coefficient (Wildman–Crippen LogP) is 2.61. The summed E-state index contributed by atoms with van der Waals surface area (Å²) in [7, 11) is 0. The van der Waals surface area contributed by atoms with Crippen LogP contribution in [-0.2, 0) is 6.42 Å². The number of nitrogens with zero attached hydrogens (tertiary/aromatic N) is 2. The van der Waals surface area contributed by atoms with Gasteiger partial charge < -0.3 is 10.6 Å². The Bertz CT molecular complexity index is 433. The molecule has 0 spiro atoms. The molecule has 19 heavy (non-hydrogen) atoms. The standard InChI is InChI=1S/C15H25N3S/c1-10-7-14(8-11(2)16)9-17-15(10)18-5-6-19-13(4)12(18)3/h7,9,11-13H,5-6,8,16H2,1-4H3. The van der Waals surface area contributed by atoms with Gasteiger partial charge in [0.15, 0.2) is 0 Å². The van der Waals surface area contributed by atoms with Gasteiger partial charge >= 0.3 is 0 Å². The maximum Gasteiger partial charge on any atom is 0.131 e. The fraction of sp³-hybridized carbons (Fsp3) is 0.667. The third-order valence-corrected chi connectivity index (χ3v) is 5.16. The summed E-state index contributed by atoms with van der Waals surface area (Å²) in [6.07, 6.45) is 2.89. The summed E-state index contributed by atoms with van der Waals surface area (Å²) in [6.45, 7) is 9.90. The van der Waals surface area contributed by atoms with Crippen molar-refractivity contribution >= 4 is 17.6 Å². The first-order valence-electron chi connectivity index (χ1n) is 7.08. The van der Waals surface area contributed by atoms with Gasteiger partial charge in [0, 0.05) is 35.8 Å². The summed E-state index contributed by atoms with van der Waals surface area (Å²) in [4.78, 5) is 7.15. The van der Waals surface area contributed by atoms with Gasteiger partial charge in [-0.05, 0) is 38.3 Å². The van der Waals surface area contributed by atoms with Crippen molar-refractivity contribution < 1.29 is 0 Å². The monoisotopic (exact) mass is 279 g/mol. The molecule has 0 aliphatic carbocycles. The Morgan fingerprint density at radius 2 is 2.26 bits per heavy atom. The number of nitrogens with two attached hydrogens (primary N) is 1. The molecule has 0 aromatic carbocycles. The maximum atomic E-state index is 5.85. The van der Waals surface area contributed by atoms with E-state index in [-0.39, 0.29) is 6.04 Å². The molecular weight excluding hydrogens is 254 g/mol. The van der Waals surface area contributed by atoms with E-state index in [4.69, 9.17) is 10.7 Å². The third kappa shape index (κ3) is 3.42. The minimum Gasteiger partial charge on any atom is -0.352 e. The van der Waals surface area contributed by atoms with E-state index < -0.39 is 0 Å². The highest BCUT2D eigenvalue weighted by atomic mass is 32.2. The van der Waals surface area contributed by atoms with Gasteiger partial charge in [-0.2, -0.15) is 11.8 Å². The third-order valence-electron chi connectivity index (χ3n) is 3.82. The number of aromatic nitrogens is 1. The average Bonchev–Trinajstić information content (AvgIpc) is 2.33. The molecule has 0 amide bonds. The van der Waals surface area contributed by atoms with Crippen LogP contribution < -0.4 is 10.6 Å². The molecule has 1 saturated heterocycles. The van der Waals surface area contributed by atoms with Gasteiger partial charge in [-0.15, -0.1) is 0 Å². The van der Waals surface area contributed by atoms with Crippen molar-refractivity contribution in [2.45, 2.75) is 51.4 Å². The first-order valence-corrected chi connectivity index (χ1v) is 8.13. The number of anilines is 1. The molecule has 3 atom stereocenters. The van der Waals surface area contributed by atoms with Crippen molar-refractivity contribution in [3.63, 3.8) is 0 Å². The van der Waals surface area contributed by atoms with Crippen molar-refractivity contribution in [3.8, 4) is 0 Å². The first kappa shape index (κ1) is 14.7. The number of hydrogen-bond acceptors (Lipinski definition) is 4. The molecule has 1 aliphatic heterocycles. The predicted molar refractivity (Wildman–Crippen MR) is 85.1 cm³/mol. The largest absolute Gasteiger partial charge is 0.352 e. The fourth-order valence-electron chi connectivity index (χ4n) is 2.64. The first-order chi connectivity index (χ1) is 8.99. The normalized spacial score (nSPS) is 25.4. The minimum atomic E-state index is 0.192. The van der Waals surface area contributed by atoms with Crippen LogP contribution in [0.4, 0.5) is 5.82 Å². The van der Waals surface area contributed by atoms with Crippen LogP contribution in [0, 0.1) is 6.92 Å². The highest BCUT2D eigenvalue weighted by molar-refractivity contribution is 8.00. The second-order valence-electron chi connectivity index (χ2n) is 5.68. The van der Waals surface area contributed by atoms with Crippen LogP contribution in [0.15, 0.2) is 12.3 Å². The van der Waals surface area contributed by atoms with Crippen LogP contribution in [0.1, 0.15) is 31.9 Å². The molecular formula is C15H25N3S. The lowest BCUT2D eigenvalue weighted by Crippen LogP contribution is -2.45. The van der Waals surface area contributed by atoms with Crippen LogP contribution in [0.5, 0.6) is 0 Å². The van der Waals surface area contributed by atoms with Crippen molar-refractivity contribution in [3.05, 3.63) is 23.4 Å². The van der Waals surface area contributed by atoms with Crippen molar-refractivity contribution in [1.82, 2.24) is 4.98 Å². The summed E-state index contributed by atoms with van der Waals surface area (Å²) >= 11 is 2.06. The van der Waals surface area contributed by atoms with Crippen LogP contribution in [0.25, 0.3) is 0 Å². The Balaban J connectivity index is 2.20. The Kier molecular flexibility index (Phi) is 4.74. The minimum absolute atomic E-state index is 0.192. The van der Waals surface area contributed by atoms with E-state index in [0.717, 1.165) is 18.8 Å². The van der Waals surface area contributed by atoms with Crippen molar-refractivity contribution in [2.75, 3.05) is 17.2 Å². The van der Waals surface area contributed by atoms with Gasteiger partial charge in [0.1, 0.15) is 5.82 Å². The highest BCUT2D eigenvalue weighted by Crippen LogP contribution is 2.29. The van der Waals surface area contributed by atoms with E-state index in [9.17, 15) is 0 Å². The Hall–Kier alpha value is -0.740. The fourth-order valence-corrected chi connectivity index (χ4v) is 3.74. The highest BCUT2D eigenvalue weighted by Gasteiger charge is 2.27. The molecule has 2 N–H and O–H groups in total. The molecule has 1 fully saturated rings. The Morgan fingerprint density at radius 3 is 2.89 bits per heavy atom. The lowest BCUT2D eigenvalue weighted by atomic mass is 10.1. The van der Waals surface area contributed by atoms with Gasteiger partial charge in [0.25, 0.3) is 0 Å². The second-order valence-corrected chi connectivity index (χ2v) is 7.16. The summed E-state index contributed by atoms with van der Waals surface area (Å²) < 4.78 is 0. The molecule has 0 radical (unpaired) electrons. The van der Waals surface area contributed by atoms with Crippen LogP contribution in [0.2, 0.25) is 0 Å². The van der Waals surface area contributed by atoms with Crippen molar-refractivity contribution in [1.29, 1.82) is 0 Å². The van der Waals surface area contributed by atoms with Crippen LogP contribution in [0.3, 0.4) is 0 Å². The Morgan fingerprint density at radius 1 is 1.53 bits per heavy atom. The number of thioether (sulfide) groups is 1. The van der Waals surface area contributed by atoms with E-state index >= 15 is 0 Å². The van der Waals surface area contributed by atoms with Gasteiger partial charge in [0.05, 0.1) is 0 Å². The molecule has 3 unspecified atom stereocenters. The molecule has 1 aliphatic rings. The van der Waals surface area contributed by atoms with Crippen LogP contribution >= 0.6 is 11.8 Å². The molecule has 2 rings (SSSR count). The quantitative estimate of drug-likeness (QED) is 0.923. The van der Waals surface area contributed by atoms with E-state index in [0.29, 0.717) is 11.3 Å². The number of rotatable bonds is 3. The summed E-state index contributed by atoms with van der Waals surface area (Å²) in [5.41, 5.74) is 8.36. The maximum absolute atomic E-state index is 5.85. The molecule has 2 heterocycles. The van der Waals surface area contributed by atoms with Gasteiger partial charge in [0.2, 0.25) is 0 Å². The SMILES string of the molecule is Cc1cc(CC(C)N)cnc1N1CCSC(C)C1C. The lowest BCUT2D eigenvalue weighted by molar-refractivity contribution is 0.618. The molecule has 106 valence electrons. The number of aryl methyl sites for hydroxylation is 1. The Labute approximate surface area is 121 Å². The van der Waals surface area contributed by atoms with E-state index in [2.05, 4.69) is 43.5 Å². The van der Waals surface area contributed by atoms with E-state index in [1.54, 1.807) is 0 Å². The molecule has 4 heteroatoms. The second kappa shape index (κ2) is 6.14. The molecule has 1 aromatic heterocycles. The van der Waals surface area contributed by atoms with E-state index in [1.165, 1.54) is 16.9 Å². The zero-order chi connectivity index (χ0) is 14.0. The molecule has 1 aromatic rings.